The molecule has 0 saturated carbocycles. The minimum atomic E-state index is -3.45. The first kappa shape index (κ1) is 19.7. The van der Waals surface area contributed by atoms with Crippen molar-refractivity contribution in [3.63, 3.8) is 0 Å². The van der Waals surface area contributed by atoms with Crippen LogP contribution in [0.25, 0.3) is 0 Å². The second kappa shape index (κ2) is 8.19. The molecule has 0 bridgehead atoms. The predicted octanol–water partition coefficient (Wildman–Crippen LogP) is 2.32. The van der Waals surface area contributed by atoms with Gasteiger partial charge in [-0.15, -0.1) is 0 Å². The van der Waals surface area contributed by atoms with E-state index in [-0.39, 0.29) is 5.54 Å². The minimum absolute atomic E-state index is 0.124. The summed E-state index contributed by atoms with van der Waals surface area (Å²) in [5, 5.41) is 6.49. The monoisotopic (exact) mass is 366 g/mol. The molecule has 140 valence electrons. The Morgan fingerprint density at radius 3 is 2.40 bits per heavy atom. The Hall–Kier alpha value is -1.60. The van der Waals surface area contributed by atoms with Gasteiger partial charge in [-0.3, -0.25) is 4.99 Å². The van der Waals surface area contributed by atoms with Crippen LogP contribution in [0.5, 0.6) is 0 Å². The molecule has 0 atom stereocenters. The zero-order valence-electron chi connectivity index (χ0n) is 15.7. The van der Waals surface area contributed by atoms with Crippen LogP contribution in [0.3, 0.4) is 0 Å². The number of rotatable bonds is 4. The third-order valence-electron chi connectivity index (χ3n) is 4.07. The van der Waals surface area contributed by atoms with Crippen molar-refractivity contribution in [1.82, 2.24) is 14.9 Å². The molecular weight excluding hydrogens is 336 g/mol. The van der Waals surface area contributed by atoms with Gasteiger partial charge in [-0.25, -0.2) is 8.42 Å². The van der Waals surface area contributed by atoms with Gasteiger partial charge in [0, 0.05) is 32.2 Å². The summed E-state index contributed by atoms with van der Waals surface area (Å²) in [5.41, 5.74) is 0.631. The summed E-state index contributed by atoms with van der Waals surface area (Å²) in [6.07, 6.45) is 2.97. The van der Waals surface area contributed by atoms with Crippen molar-refractivity contribution in [3.05, 3.63) is 29.8 Å². The summed E-state index contributed by atoms with van der Waals surface area (Å²) in [6.45, 7) is 7.77. The van der Waals surface area contributed by atoms with Gasteiger partial charge in [0.25, 0.3) is 0 Å². The molecule has 0 amide bonds. The number of sulfonamides is 1. The first-order valence-electron chi connectivity index (χ1n) is 8.81. The number of hydrogen-bond donors (Lipinski definition) is 2. The largest absolute Gasteiger partial charge is 0.352 e. The molecular formula is C18H30N4O2S. The molecule has 25 heavy (non-hydrogen) atoms. The van der Waals surface area contributed by atoms with E-state index in [9.17, 15) is 8.42 Å². The van der Waals surface area contributed by atoms with Crippen LogP contribution in [0.2, 0.25) is 0 Å². The zero-order valence-corrected chi connectivity index (χ0v) is 16.5. The number of nitrogens with zero attached hydrogens (tertiary/aromatic N) is 2. The second-order valence-corrected chi connectivity index (χ2v) is 9.28. The highest BCUT2D eigenvalue weighted by atomic mass is 32.2. The molecule has 2 rings (SSSR count). The number of guanidine groups is 1. The van der Waals surface area contributed by atoms with E-state index >= 15 is 0 Å². The molecule has 1 aromatic rings. The standard InChI is InChI=1S/C18H30N4O2S/c1-18(2,3)21-17(19-4)20-14-15-10-6-7-11-16(15)25(23,24)22-12-8-5-9-13-22/h6-7,10-11H,5,8-9,12-14H2,1-4H3,(H2,19,20,21). The van der Waals surface area contributed by atoms with Gasteiger partial charge in [0.15, 0.2) is 5.96 Å². The van der Waals surface area contributed by atoms with Crippen LogP contribution in [0.15, 0.2) is 34.2 Å². The van der Waals surface area contributed by atoms with Crippen LogP contribution in [0.1, 0.15) is 45.6 Å². The van der Waals surface area contributed by atoms with E-state index in [0.29, 0.717) is 30.5 Å². The minimum Gasteiger partial charge on any atom is -0.352 e. The van der Waals surface area contributed by atoms with Gasteiger partial charge in [0.1, 0.15) is 0 Å². The third kappa shape index (κ3) is 5.44. The van der Waals surface area contributed by atoms with Crippen molar-refractivity contribution >= 4 is 16.0 Å². The SMILES string of the molecule is CN=C(NCc1ccccc1S(=O)(=O)N1CCCCC1)NC(C)(C)C. The lowest BCUT2D eigenvalue weighted by Gasteiger charge is -2.27. The van der Waals surface area contributed by atoms with E-state index in [1.807, 2.05) is 12.1 Å². The highest BCUT2D eigenvalue weighted by Crippen LogP contribution is 2.23. The van der Waals surface area contributed by atoms with E-state index in [1.54, 1.807) is 23.5 Å². The lowest BCUT2D eigenvalue weighted by molar-refractivity contribution is 0.346. The highest BCUT2D eigenvalue weighted by molar-refractivity contribution is 7.89. The summed E-state index contributed by atoms with van der Waals surface area (Å²) >= 11 is 0. The zero-order chi connectivity index (χ0) is 18.5. The van der Waals surface area contributed by atoms with Crippen LogP contribution < -0.4 is 10.6 Å². The smallest absolute Gasteiger partial charge is 0.243 e. The molecule has 0 spiro atoms. The van der Waals surface area contributed by atoms with Gasteiger partial charge < -0.3 is 10.6 Å². The number of aliphatic imine (C=N–C) groups is 1. The average Bonchev–Trinajstić information content (AvgIpc) is 2.58. The fourth-order valence-corrected chi connectivity index (χ4v) is 4.60. The van der Waals surface area contributed by atoms with Crippen LogP contribution in [-0.2, 0) is 16.6 Å². The maximum absolute atomic E-state index is 13.0. The summed E-state index contributed by atoms with van der Waals surface area (Å²) in [4.78, 5) is 4.59. The van der Waals surface area contributed by atoms with Crippen LogP contribution >= 0.6 is 0 Å². The van der Waals surface area contributed by atoms with Gasteiger partial charge in [-0.2, -0.15) is 4.31 Å². The van der Waals surface area contributed by atoms with Crippen molar-refractivity contribution in [1.29, 1.82) is 0 Å². The normalized spacial score (nSPS) is 17.4. The molecule has 1 aliphatic rings. The van der Waals surface area contributed by atoms with Crippen molar-refractivity contribution in [2.45, 2.75) is 57.0 Å². The van der Waals surface area contributed by atoms with E-state index in [2.05, 4.69) is 36.4 Å². The molecule has 1 heterocycles. The Bertz CT molecular complexity index is 702. The Morgan fingerprint density at radius 1 is 1.16 bits per heavy atom. The highest BCUT2D eigenvalue weighted by Gasteiger charge is 2.27. The lowest BCUT2D eigenvalue weighted by Crippen LogP contribution is -2.47. The third-order valence-corrected chi connectivity index (χ3v) is 6.07. The number of piperidine rings is 1. The molecule has 0 radical (unpaired) electrons. The van der Waals surface area contributed by atoms with Crippen LogP contribution in [0.4, 0.5) is 0 Å². The summed E-state index contributed by atoms with van der Waals surface area (Å²) in [5.74, 6) is 0.651. The van der Waals surface area contributed by atoms with Crippen molar-refractivity contribution in [3.8, 4) is 0 Å². The topological polar surface area (TPSA) is 73.8 Å². The Labute approximate surface area is 151 Å². The maximum Gasteiger partial charge on any atom is 0.243 e. The predicted molar refractivity (Wildman–Crippen MR) is 102 cm³/mol. The summed E-state index contributed by atoms with van der Waals surface area (Å²) in [7, 11) is -1.74. The van der Waals surface area contributed by atoms with Gasteiger partial charge >= 0.3 is 0 Å². The molecule has 0 unspecified atom stereocenters. The van der Waals surface area contributed by atoms with Crippen LogP contribution in [0, 0.1) is 0 Å². The number of benzene rings is 1. The second-order valence-electron chi connectivity index (χ2n) is 7.37. The number of hydrogen-bond acceptors (Lipinski definition) is 3. The molecule has 1 aromatic carbocycles. The van der Waals surface area contributed by atoms with E-state index in [1.165, 1.54) is 0 Å². The summed E-state index contributed by atoms with van der Waals surface area (Å²) < 4.78 is 27.6. The van der Waals surface area contributed by atoms with Gasteiger partial charge in [0.2, 0.25) is 10.0 Å². The van der Waals surface area contributed by atoms with Crippen molar-refractivity contribution < 1.29 is 8.42 Å². The molecule has 7 heteroatoms. The Morgan fingerprint density at radius 2 is 1.80 bits per heavy atom. The first-order valence-corrected chi connectivity index (χ1v) is 10.2. The fraction of sp³-hybridized carbons (Fsp3) is 0.611. The Balaban J connectivity index is 2.17. The molecule has 0 aromatic heterocycles. The van der Waals surface area contributed by atoms with Crippen LogP contribution in [-0.4, -0.2) is 44.4 Å². The van der Waals surface area contributed by atoms with E-state index in [0.717, 1.165) is 24.8 Å². The molecule has 6 nitrogen and oxygen atoms in total. The molecule has 0 aliphatic carbocycles. The van der Waals surface area contributed by atoms with E-state index in [4.69, 9.17) is 0 Å². The van der Waals surface area contributed by atoms with Gasteiger partial charge in [-0.1, -0.05) is 24.6 Å². The molecule has 1 saturated heterocycles. The number of nitrogens with one attached hydrogen (secondary N) is 2. The van der Waals surface area contributed by atoms with Crippen molar-refractivity contribution in [2.24, 2.45) is 4.99 Å². The fourth-order valence-electron chi connectivity index (χ4n) is 2.86. The summed E-state index contributed by atoms with van der Waals surface area (Å²) in [6, 6.07) is 7.20. The quantitative estimate of drug-likeness (QED) is 0.634. The Kier molecular flexibility index (Phi) is 6.46. The van der Waals surface area contributed by atoms with Gasteiger partial charge in [0.05, 0.1) is 4.90 Å². The molecule has 2 N–H and O–H groups in total. The molecule has 1 fully saturated rings. The van der Waals surface area contributed by atoms with Crippen molar-refractivity contribution in [2.75, 3.05) is 20.1 Å². The molecule has 1 aliphatic heterocycles. The van der Waals surface area contributed by atoms with E-state index < -0.39 is 10.0 Å². The first-order chi connectivity index (χ1) is 11.7. The maximum atomic E-state index is 13.0. The van der Waals surface area contributed by atoms with Gasteiger partial charge in [-0.05, 0) is 45.2 Å². The average molecular weight is 367 g/mol. The lowest BCUT2D eigenvalue weighted by atomic mass is 10.1.